The number of hydrogen-bond acceptors (Lipinski definition) is 3. The Morgan fingerprint density at radius 1 is 1.03 bits per heavy atom. The molecule has 0 aliphatic heterocycles. The standard InChI is InChI=1S/C28H23ClN2O3.ClH/c1-18-24(15-28(32)33)25-14-23(34-17-22-11-8-20-4-2-3-5-26(20)30-22)12-13-27(25)31(18)16-19-6-9-21(29)10-7-19;/h2-14H,15-17H2,1H3,(H,32,33);1H. The van der Waals surface area contributed by atoms with Crippen LogP contribution in [0.1, 0.15) is 22.5 Å². The van der Waals surface area contributed by atoms with Crippen LogP contribution in [0.3, 0.4) is 0 Å². The molecule has 5 rings (SSSR count). The molecule has 0 radical (unpaired) electrons. The highest BCUT2D eigenvalue weighted by molar-refractivity contribution is 6.30. The van der Waals surface area contributed by atoms with E-state index in [4.69, 9.17) is 16.3 Å². The predicted molar refractivity (Wildman–Crippen MR) is 142 cm³/mol. The Bertz CT molecular complexity index is 1510. The van der Waals surface area contributed by atoms with Gasteiger partial charge in [-0.05, 0) is 60.5 Å². The monoisotopic (exact) mass is 506 g/mol. The minimum atomic E-state index is -0.861. The second kappa shape index (κ2) is 10.4. The van der Waals surface area contributed by atoms with Crippen molar-refractivity contribution in [2.24, 2.45) is 0 Å². The molecule has 0 fully saturated rings. The van der Waals surface area contributed by atoms with Crippen LogP contribution in [0.2, 0.25) is 5.02 Å². The maximum Gasteiger partial charge on any atom is 0.307 e. The zero-order valence-corrected chi connectivity index (χ0v) is 20.6. The molecule has 0 saturated heterocycles. The number of carbonyl (C=O) groups is 1. The highest BCUT2D eigenvalue weighted by Crippen LogP contribution is 2.31. The molecule has 1 N–H and O–H groups in total. The summed E-state index contributed by atoms with van der Waals surface area (Å²) in [5.74, 6) is -0.182. The van der Waals surface area contributed by atoms with E-state index in [1.807, 2.05) is 85.8 Å². The molecule has 2 heterocycles. The van der Waals surface area contributed by atoms with Crippen LogP contribution < -0.4 is 4.74 Å². The lowest BCUT2D eigenvalue weighted by Gasteiger charge is -2.10. The van der Waals surface area contributed by atoms with E-state index in [2.05, 4.69) is 9.55 Å². The summed E-state index contributed by atoms with van der Waals surface area (Å²) in [7, 11) is 0. The number of benzene rings is 3. The summed E-state index contributed by atoms with van der Waals surface area (Å²) in [5, 5.41) is 12.2. The second-order valence-electron chi connectivity index (χ2n) is 8.31. The third-order valence-electron chi connectivity index (χ3n) is 6.05. The number of carboxylic acids is 1. The molecule has 3 aromatic carbocycles. The van der Waals surface area contributed by atoms with Gasteiger partial charge in [-0.15, -0.1) is 12.4 Å². The Morgan fingerprint density at radius 3 is 2.57 bits per heavy atom. The molecule has 0 aliphatic carbocycles. The van der Waals surface area contributed by atoms with E-state index in [9.17, 15) is 9.90 Å². The molecule has 0 bridgehead atoms. The summed E-state index contributed by atoms with van der Waals surface area (Å²) in [5.41, 5.74) is 5.55. The highest BCUT2D eigenvalue weighted by Gasteiger charge is 2.17. The summed E-state index contributed by atoms with van der Waals surface area (Å²) < 4.78 is 8.20. The van der Waals surface area contributed by atoms with Gasteiger partial charge in [-0.3, -0.25) is 4.79 Å². The van der Waals surface area contributed by atoms with Gasteiger partial charge in [0.2, 0.25) is 0 Å². The number of hydrogen-bond donors (Lipinski definition) is 1. The van der Waals surface area contributed by atoms with Crippen LogP contribution in [0.4, 0.5) is 0 Å². The van der Waals surface area contributed by atoms with Crippen molar-refractivity contribution in [1.82, 2.24) is 9.55 Å². The van der Waals surface area contributed by atoms with E-state index < -0.39 is 5.97 Å². The molecule has 0 spiro atoms. The van der Waals surface area contributed by atoms with Gasteiger partial charge in [0.25, 0.3) is 0 Å². The van der Waals surface area contributed by atoms with Crippen LogP contribution in [0, 0.1) is 6.92 Å². The number of halogens is 2. The minimum Gasteiger partial charge on any atom is -0.487 e. The highest BCUT2D eigenvalue weighted by atomic mass is 35.5. The van der Waals surface area contributed by atoms with Crippen LogP contribution in [-0.4, -0.2) is 20.6 Å². The maximum absolute atomic E-state index is 11.6. The SMILES string of the molecule is Cc1c(CC(=O)O)c2cc(OCc3ccc4ccccc4n3)ccc2n1Cc1ccc(Cl)cc1.Cl. The molecule has 5 aromatic rings. The number of carboxylic acid groups (broad SMARTS) is 1. The molecule has 7 heteroatoms. The number of nitrogens with zero attached hydrogens (tertiary/aromatic N) is 2. The van der Waals surface area contributed by atoms with Gasteiger partial charge in [0, 0.05) is 33.6 Å². The van der Waals surface area contributed by atoms with E-state index in [1.165, 1.54) is 0 Å². The Kier molecular flexibility index (Phi) is 7.29. The minimum absolute atomic E-state index is 0. The molecule has 178 valence electrons. The van der Waals surface area contributed by atoms with Crippen LogP contribution >= 0.6 is 24.0 Å². The Morgan fingerprint density at radius 2 is 1.80 bits per heavy atom. The van der Waals surface area contributed by atoms with E-state index in [1.54, 1.807) is 0 Å². The zero-order chi connectivity index (χ0) is 23.7. The predicted octanol–water partition coefficient (Wildman–Crippen LogP) is 6.83. The van der Waals surface area contributed by atoms with E-state index in [-0.39, 0.29) is 18.8 Å². The van der Waals surface area contributed by atoms with Gasteiger partial charge < -0.3 is 14.4 Å². The fraction of sp³-hybridized carbons (Fsp3) is 0.143. The van der Waals surface area contributed by atoms with Crippen molar-refractivity contribution in [1.29, 1.82) is 0 Å². The Balaban J connectivity index is 0.00000289. The number of ether oxygens (including phenoxy) is 1. The maximum atomic E-state index is 11.6. The third kappa shape index (κ3) is 5.26. The van der Waals surface area contributed by atoms with Crippen LogP contribution in [0.25, 0.3) is 21.8 Å². The van der Waals surface area contributed by atoms with Gasteiger partial charge in [0.05, 0.1) is 17.6 Å². The fourth-order valence-corrected chi connectivity index (χ4v) is 4.44. The van der Waals surface area contributed by atoms with E-state index in [0.717, 1.165) is 44.3 Å². The normalized spacial score (nSPS) is 10.9. The lowest BCUT2D eigenvalue weighted by atomic mass is 10.1. The van der Waals surface area contributed by atoms with Crippen molar-refractivity contribution < 1.29 is 14.6 Å². The Labute approximate surface area is 214 Å². The number of para-hydroxylation sites is 1. The average molecular weight is 507 g/mol. The fourth-order valence-electron chi connectivity index (χ4n) is 4.32. The first-order chi connectivity index (χ1) is 16.5. The van der Waals surface area contributed by atoms with Gasteiger partial charge >= 0.3 is 5.97 Å². The van der Waals surface area contributed by atoms with Crippen molar-refractivity contribution in [3.63, 3.8) is 0 Å². The molecule has 2 aromatic heterocycles. The molecule has 0 unspecified atom stereocenters. The third-order valence-corrected chi connectivity index (χ3v) is 6.30. The van der Waals surface area contributed by atoms with Gasteiger partial charge in [-0.2, -0.15) is 0 Å². The number of fused-ring (bicyclic) bond motifs is 2. The lowest BCUT2D eigenvalue weighted by Crippen LogP contribution is -2.05. The average Bonchev–Trinajstić information content (AvgIpc) is 3.09. The summed E-state index contributed by atoms with van der Waals surface area (Å²) in [4.78, 5) is 16.3. The van der Waals surface area contributed by atoms with Crippen molar-refractivity contribution >= 4 is 51.8 Å². The molecule has 5 nitrogen and oxygen atoms in total. The number of rotatable bonds is 7. The first kappa shape index (κ1) is 24.6. The van der Waals surface area contributed by atoms with Crippen LogP contribution in [0.5, 0.6) is 5.75 Å². The first-order valence-corrected chi connectivity index (χ1v) is 11.4. The van der Waals surface area contributed by atoms with Crippen molar-refractivity contribution in [3.8, 4) is 5.75 Å². The van der Waals surface area contributed by atoms with Gasteiger partial charge in [-0.25, -0.2) is 4.98 Å². The largest absolute Gasteiger partial charge is 0.487 e. The van der Waals surface area contributed by atoms with Gasteiger partial charge in [0.1, 0.15) is 12.4 Å². The lowest BCUT2D eigenvalue weighted by molar-refractivity contribution is -0.136. The van der Waals surface area contributed by atoms with Gasteiger partial charge in [0.15, 0.2) is 0 Å². The molecule has 0 amide bonds. The van der Waals surface area contributed by atoms with Crippen molar-refractivity contribution in [2.75, 3.05) is 0 Å². The molecule has 0 aliphatic rings. The summed E-state index contributed by atoms with van der Waals surface area (Å²) in [6.45, 7) is 2.92. The van der Waals surface area contributed by atoms with E-state index in [0.29, 0.717) is 23.9 Å². The summed E-state index contributed by atoms with van der Waals surface area (Å²) in [6.07, 6.45) is -0.0500. The molecule has 35 heavy (non-hydrogen) atoms. The van der Waals surface area contributed by atoms with Crippen LogP contribution in [-0.2, 0) is 24.4 Å². The smallest absolute Gasteiger partial charge is 0.307 e. The molecule has 0 atom stereocenters. The quantitative estimate of drug-likeness (QED) is 0.262. The van der Waals surface area contributed by atoms with Crippen LogP contribution in [0.15, 0.2) is 78.9 Å². The van der Waals surface area contributed by atoms with Crippen molar-refractivity contribution in [2.45, 2.75) is 26.5 Å². The van der Waals surface area contributed by atoms with Gasteiger partial charge in [-0.1, -0.05) is 48.0 Å². The number of pyridine rings is 1. The zero-order valence-electron chi connectivity index (χ0n) is 19.1. The number of aromatic nitrogens is 2. The molecular formula is C28H24Cl2N2O3. The van der Waals surface area contributed by atoms with Crippen molar-refractivity contribution in [3.05, 3.63) is 106 Å². The number of aliphatic carboxylic acids is 1. The second-order valence-corrected chi connectivity index (χ2v) is 8.75. The molecule has 0 saturated carbocycles. The first-order valence-electron chi connectivity index (χ1n) is 11.0. The summed E-state index contributed by atoms with van der Waals surface area (Å²) in [6, 6.07) is 25.5. The van der Waals surface area contributed by atoms with E-state index >= 15 is 0 Å². The summed E-state index contributed by atoms with van der Waals surface area (Å²) >= 11 is 6.03. The molecular weight excluding hydrogens is 483 g/mol. The topological polar surface area (TPSA) is 64.3 Å². The Hall–Kier alpha value is -3.54.